The van der Waals surface area contributed by atoms with E-state index in [1.165, 1.54) is 0 Å². The van der Waals surface area contributed by atoms with E-state index in [1.807, 2.05) is 24.4 Å². The summed E-state index contributed by atoms with van der Waals surface area (Å²) in [5.41, 5.74) is 2.12. The molecule has 2 aliphatic heterocycles. The van der Waals surface area contributed by atoms with Crippen molar-refractivity contribution in [1.82, 2.24) is 14.9 Å². The zero-order valence-electron chi connectivity index (χ0n) is 18.5. The Morgan fingerprint density at radius 2 is 1.97 bits per heavy atom. The number of nitrogens with zero attached hydrogens (tertiary/aromatic N) is 4. The Hall–Kier alpha value is -2.42. The number of anilines is 1. The molecule has 0 aliphatic carbocycles. The Bertz CT molecular complexity index is 838. The standard InChI is InChI=1S/C23H32N4O4/c1-28-20-6-5-18(22(14-20)29-2)15-26(17-21-4-3-11-31-21)16-19-7-8-24-23(25-19)27-9-12-30-13-10-27/h5-8,14,21H,3-4,9-13,15-17H2,1-2H3/t21-/m0/s1. The summed E-state index contributed by atoms with van der Waals surface area (Å²) in [5.74, 6) is 2.39. The maximum absolute atomic E-state index is 5.92. The topological polar surface area (TPSA) is 69.2 Å². The average Bonchev–Trinajstić information content (AvgIpc) is 3.33. The first kappa shape index (κ1) is 21.8. The lowest BCUT2D eigenvalue weighted by Crippen LogP contribution is -2.37. The number of ether oxygens (including phenoxy) is 4. The van der Waals surface area contributed by atoms with Gasteiger partial charge in [-0.2, -0.15) is 0 Å². The summed E-state index contributed by atoms with van der Waals surface area (Å²) in [6.45, 7) is 6.24. The summed E-state index contributed by atoms with van der Waals surface area (Å²) in [7, 11) is 3.36. The maximum Gasteiger partial charge on any atom is 0.225 e. The molecule has 0 N–H and O–H groups in total. The number of hydrogen-bond acceptors (Lipinski definition) is 8. The Morgan fingerprint density at radius 3 is 2.71 bits per heavy atom. The minimum absolute atomic E-state index is 0.254. The minimum Gasteiger partial charge on any atom is -0.497 e. The molecule has 1 atom stereocenters. The molecule has 2 aliphatic rings. The summed E-state index contributed by atoms with van der Waals surface area (Å²) < 4.78 is 22.3. The molecule has 3 heterocycles. The zero-order valence-corrected chi connectivity index (χ0v) is 18.5. The van der Waals surface area contributed by atoms with Gasteiger partial charge in [0.25, 0.3) is 0 Å². The van der Waals surface area contributed by atoms with Gasteiger partial charge in [0.15, 0.2) is 0 Å². The molecule has 0 amide bonds. The SMILES string of the molecule is COc1ccc(CN(Cc2ccnc(N3CCOCC3)n2)C[C@@H]2CCCO2)c(OC)c1. The van der Waals surface area contributed by atoms with Crippen LogP contribution >= 0.6 is 0 Å². The molecule has 8 nitrogen and oxygen atoms in total. The van der Waals surface area contributed by atoms with Crippen molar-refractivity contribution in [2.24, 2.45) is 0 Å². The van der Waals surface area contributed by atoms with Gasteiger partial charge in [0.05, 0.1) is 39.2 Å². The molecule has 0 unspecified atom stereocenters. The van der Waals surface area contributed by atoms with Gasteiger partial charge in [0, 0.05) is 57.2 Å². The van der Waals surface area contributed by atoms with Crippen LogP contribution in [0.2, 0.25) is 0 Å². The molecule has 4 rings (SSSR count). The van der Waals surface area contributed by atoms with E-state index in [9.17, 15) is 0 Å². The highest BCUT2D eigenvalue weighted by molar-refractivity contribution is 5.40. The molecule has 2 aromatic rings. The van der Waals surface area contributed by atoms with E-state index in [0.29, 0.717) is 0 Å². The zero-order chi connectivity index (χ0) is 21.5. The molecule has 2 saturated heterocycles. The quantitative estimate of drug-likeness (QED) is 0.604. The first-order chi connectivity index (χ1) is 15.2. The van der Waals surface area contributed by atoms with Gasteiger partial charge in [-0.05, 0) is 25.0 Å². The van der Waals surface area contributed by atoms with Crippen LogP contribution in [0.3, 0.4) is 0 Å². The Morgan fingerprint density at radius 1 is 1.10 bits per heavy atom. The van der Waals surface area contributed by atoms with E-state index < -0.39 is 0 Å². The van der Waals surface area contributed by atoms with Crippen LogP contribution in [0.25, 0.3) is 0 Å². The lowest BCUT2D eigenvalue weighted by Gasteiger charge is -2.28. The van der Waals surface area contributed by atoms with Gasteiger partial charge in [0.2, 0.25) is 5.95 Å². The van der Waals surface area contributed by atoms with Crippen LogP contribution in [0.5, 0.6) is 11.5 Å². The molecule has 1 aromatic carbocycles. The van der Waals surface area contributed by atoms with Crippen LogP contribution < -0.4 is 14.4 Å². The number of morpholine rings is 1. The second kappa shape index (κ2) is 10.7. The van der Waals surface area contributed by atoms with E-state index >= 15 is 0 Å². The Labute approximate surface area is 184 Å². The van der Waals surface area contributed by atoms with Crippen molar-refractivity contribution in [2.45, 2.75) is 32.0 Å². The second-order valence-corrected chi connectivity index (χ2v) is 7.93. The van der Waals surface area contributed by atoms with E-state index in [-0.39, 0.29) is 6.10 Å². The first-order valence-corrected chi connectivity index (χ1v) is 10.9. The third-order valence-electron chi connectivity index (χ3n) is 5.75. The van der Waals surface area contributed by atoms with Crippen molar-refractivity contribution >= 4 is 5.95 Å². The van der Waals surface area contributed by atoms with E-state index in [2.05, 4.69) is 20.9 Å². The number of aromatic nitrogens is 2. The van der Waals surface area contributed by atoms with Gasteiger partial charge in [0.1, 0.15) is 11.5 Å². The maximum atomic E-state index is 5.92. The monoisotopic (exact) mass is 428 g/mol. The molecule has 0 saturated carbocycles. The number of benzene rings is 1. The number of methoxy groups -OCH3 is 2. The third kappa shape index (κ3) is 5.84. The van der Waals surface area contributed by atoms with Crippen molar-refractivity contribution in [2.75, 3.05) is 58.6 Å². The molecule has 0 radical (unpaired) electrons. The molecular weight excluding hydrogens is 396 g/mol. The van der Waals surface area contributed by atoms with E-state index in [0.717, 1.165) is 94.1 Å². The fourth-order valence-electron chi connectivity index (χ4n) is 4.10. The second-order valence-electron chi connectivity index (χ2n) is 7.93. The average molecular weight is 429 g/mol. The molecular formula is C23H32N4O4. The van der Waals surface area contributed by atoms with Gasteiger partial charge in [-0.25, -0.2) is 9.97 Å². The number of hydrogen-bond donors (Lipinski definition) is 0. The fraction of sp³-hybridized carbons (Fsp3) is 0.565. The smallest absolute Gasteiger partial charge is 0.225 e. The fourth-order valence-corrected chi connectivity index (χ4v) is 4.10. The summed E-state index contributed by atoms with van der Waals surface area (Å²) in [5, 5.41) is 0. The molecule has 0 bridgehead atoms. The van der Waals surface area contributed by atoms with Crippen molar-refractivity contribution in [3.63, 3.8) is 0 Å². The molecule has 31 heavy (non-hydrogen) atoms. The van der Waals surface area contributed by atoms with Crippen molar-refractivity contribution < 1.29 is 18.9 Å². The normalized spacial score (nSPS) is 19.1. The van der Waals surface area contributed by atoms with E-state index in [4.69, 9.17) is 23.9 Å². The van der Waals surface area contributed by atoms with Crippen LogP contribution in [-0.2, 0) is 22.6 Å². The lowest BCUT2D eigenvalue weighted by atomic mass is 10.1. The van der Waals surface area contributed by atoms with Gasteiger partial charge in [-0.1, -0.05) is 6.07 Å². The Balaban J connectivity index is 1.51. The largest absolute Gasteiger partial charge is 0.497 e. The lowest BCUT2D eigenvalue weighted by molar-refractivity contribution is 0.0671. The third-order valence-corrected chi connectivity index (χ3v) is 5.75. The number of rotatable bonds is 9. The Kier molecular flexibility index (Phi) is 7.56. The van der Waals surface area contributed by atoms with Crippen LogP contribution in [0.1, 0.15) is 24.1 Å². The minimum atomic E-state index is 0.254. The van der Waals surface area contributed by atoms with Crippen LogP contribution in [0.4, 0.5) is 5.95 Å². The van der Waals surface area contributed by atoms with Crippen molar-refractivity contribution in [3.05, 3.63) is 41.7 Å². The first-order valence-electron chi connectivity index (χ1n) is 10.9. The van der Waals surface area contributed by atoms with Gasteiger partial charge >= 0.3 is 0 Å². The summed E-state index contributed by atoms with van der Waals surface area (Å²) in [6, 6.07) is 7.97. The van der Waals surface area contributed by atoms with Gasteiger partial charge in [-0.15, -0.1) is 0 Å². The highest BCUT2D eigenvalue weighted by Gasteiger charge is 2.22. The van der Waals surface area contributed by atoms with Crippen LogP contribution in [-0.4, -0.2) is 74.6 Å². The molecule has 1 aromatic heterocycles. The predicted molar refractivity (Wildman–Crippen MR) is 118 cm³/mol. The molecule has 0 spiro atoms. The highest BCUT2D eigenvalue weighted by atomic mass is 16.5. The molecule has 168 valence electrons. The molecule has 2 fully saturated rings. The summed E-state index contributed by atoms with van der Waals surface area (Å²) >= 11 is 0. The summed E-state index contributed by atoms with van der Waals surface area (Å²) in [4.78, 5) is 13.9. The summed E-state index contributed by atoms with van der Waals surface area (Å²) in [6.07, 6.45) is 4.33. The van der Waals surface area contributed by atoms with Crippen molar-refractivity contribution in [3.8, 4) is 11.5 Å². The van der Waals surface area contributed by atoms with E-state index in [1.54, 1.807) is 14.2 Å². The van der Waals surface area contributed by atoms with Gasteiger partial charge < -0.3 is 23.8 Å². The molecule has 8 heteroatoms. The predicted octanol–water partition coefficient (Wildman–Crippen LogP) is 2.51. The van der Waals surface area contributed by atoms with Crippen LogP contribution in [0, 0.1) is 0 Å². The van der Waals surface area contributed by atoms with Gasteiger partial charge in [-0.3, -0.25) is 4.90 Å². The highest BCUT2D eigenvalue weighted by Crippen LogP contribution is 2.27. The van der Waals surface area contributed by atoms with Crippen molar-refractivity contribution in [1.29, 1.82) is 0 Å². The van der Waals surface area contributed by atoms with Crippen LogP contribution in [0.15, 0.2) is 30.5 Å².